The highest BCUT2D eigenvalue weighted by Crippen LogP contribution is 2.58. The predicted octanol–water partition coefficient (Wildman–Crippen LogP) is 6.92. The minimum absolute atomic E-state index is 0.0203. The molecule has 6 heteroatoms. The Labute approximate surface area is 246 Å². The number of aryl methyl sites for hydroxylation is 1. The average Bonchev–Trinajstić information content (AvgIpc) is 3.32. The number of hydrogen-bond acceptors (Lipinski definition) is 5. The number of fused-ring (bicyclic) bond motifs is 2. The van der Waals surface area contributed by atoms with Crippen LogP contribution in [0.25, 0.3) is 0 Å². The molecule has 5 nitrogen and oxygen atoms in total. The van der Waals surface area contributed by atoms with Gasteiger partial charge in [0.25, 0.3) is 0 Å². The maximum atomic E-state index is 12.0. The van der Waals surface area contributed by atoms with Gasteiger partial charge < -0.3 is 9.64 Å². The number of para-hydroxylation sites is 1. The number of nitrogens with zero attached hydrogens (tertiary/aromatic N) is 1. The average molecular weight is 576 g/mol. The first-order valence-corrected chi connectivity index (χ1v) is 16.7. The van der Waals surface area contributed by atoms with E-state index in [0.717, 1.165) is 38.1 Å². The second-order valence-electron chi connectivity index (χ2n) is 12.5. The first-order valence-electron chi connectivity index (χ1n) is 14.7. The van der Waals surface area contributed by atoms with Crippen LogP contribution in [0.3, 0.4) is 0 Å². The van der Waals surface area contributed by atoms with E-state index in [0.29, 0.717) is 0 Å². The SMILES string of the molecule is CC1(C)C2CCC1[C@@H](CS(C)(=O)=O)C2=O.Cc1ccccc1O[C@H](CCN(C)Cc1ccccc1)c1ccccc1. The van der Waals surface area contributed by atoms with Gasteiger partial charge in [-0.1, -0.05) is 92.7 Å². The molecule has 3 aromatic rings. The normalized spacial score (nSPS) is 21.8. The van der Waals surface area contributed by atoms with Crippen LogP contribution in [0.5, 0.6) is 5.75 Å². The Morgan fingerprint density at radius 1 is 0.927 bits per heavy atom. The Kier molecular flexibility index (Phi) is 10.1. The van der Waals surface area contributed by atoms with E-state index in [1.165, 1.54) is 22.9 Å². The van der Waals surface area contributed by atoms with Crippen molar-refractivity contribution in [2.75, 3.05) is 25.6 Å². The summed E-state index contributed by atoms with van der Waals surface area (Å²) in [6.45, 7) is 8.23. The molecule has 2 unspecified atom stereocenters. The molecule has 2 fully saturated rings. The summed E-state index contributed by atoms with van der Waals surface area (Å²) in [5.41, 5.74) is 3.76. The number of rotatable bonds is 10. The van der Waals surface area contributed by atoms with Crippen molar-refractivity contribution < 1.29 is 17.9 Å². The topological polar surface area (TPSA) is 63.7 Å². The Morgan fingerprint density at radius 3 is 2.12 bits per heavy atom. The highest BCUT2D eigenvalue weighted by Gasteiger charge is 2.59. The van der Waals surface area contributed by atoms with Gasteiger partial charge in [-0.3, -0.25) is 4.79 Å². The van der Waals surface area contributed by atoms with Crippen LogP contribution >= 0.6 is 0 Å². The van der Waals surface area contributed by atoms with Gasteiger partial charge in [0.1, 0.15) is 27.5 Å². The lowest BCUT2D eigenvalue weighted by atomic mass is 9.80. The molecule has 0 heterocycles. The minimum atomic E-state index is -3.03. The maximum Gasteiger partial charge on any atom is 0.148 e. The molecule has 0 radical (unpaired) electrons. The summed E-state index contributed by atoms with van der Waals surface area (Å²) >= 11 is 0. The molecule has 0 aliphatic heterocycles. The van der Waals surface area contributed by atoms with Gasteiger partial charge in [-0.05, 0) is 60.9 Å². The molecule has 0 N–H and O–H groups in total. The van der Waals surface area contributed by atoms with Crippen molar-refractivity contribution >= 4 is 15.6 Å². The molecule has 0 amide bonds. The largest absolute Gasteiger partial charge is 0.485 e. The van der Waals surface area contributed by atoms with Gasteiger partial charge in [-0.25, -0.2) is 8.42 Å². The van der Waals surface area contributed by atoms with Crippen molar-refractivity contribution in [3.63, 3.8) is 0 Å². The summed E-state index contributed by atoms with van der Waals surface area (Å²) < 4.78 is 28.9. The number of Topliss-reactive ketones (excluding diaryl/α,β-unsaturated/α-hetero) is 1. The van der Waals surface area contributed by atoms with Crippen LogP contribution in [-0.4, -0.2) is 44.7 Å². The van der Waals surface area contributed by atoms with Gasteiger partial charge in [-0.15, -0.1) is 0 Å². The van der Waals surface area contributed by atoms with Crippen LogP contribution in [0.2, 0.25) is 0 Å². The molecule has 2 saturated carbocycles. The Balaban J connectivity index is 0.000000218. The second-order valence-corrected chi connectivity index (χ2v) is 14.6. The highest BCUT2D eigenvalue weighted by molar-refractivity contribution is 7.90. The molecule has 220 valence electrons. The third-order valence-corrected chi connectivity index (χ3v) is 9.86. The van der Waals surface area contributed by atoms with Gasteiger partial charge in [0, 0.05) is 37.6 Å². The molecule has 0 aromatic heterocycles. The van der Waals surface area contributed by atoms with Crippen LogP contribution in [0, 0.1) is 30.1 Å². The third-order valence-electron chi connectivity index (χ3n) is 8.90. The van der Waals surface area contributed by atoms with Gasteiger partial charge in [0.05, 0.1) is 5.75 Å². The van der Waals surface area contributed by atoms with Crippen LogP contribution in [0.15, 0.2) is 84.9 Å². The van der Waals surface area contributed by atoms with Crippen molar-refractivity contribution in [1.29, 1.82) is 0 Å². The molecule has 4 atom stereocenters. The van der Waals surface area contributed by atoms with E-state index in [4.69, 9.17) is 4.74 Å². The summed E-state index contributed by atoms with van der Waals surface area (Å²) in [5.74, 6) is 1.37. The molecule has 2 aliphatic rings. The highest BCUT2D eigenvalue weighted by atomic mass is 32.2. The molecule has 2 bridgehead atoms. The summed E-state index contributed by atoms with van der Waals surface area (Å²) in [7, 11) is -0.864. The lowest BCUT2D eigenvalue weighted by molar-refractivity contribution is -0.125. The Morgan fingerprint density at radius 2 is 1.54 bits per heavy atom. The van der Waals surface area contributed by atoms with Crippen molar-refractivity contribution in [3.8, 4) is 5.75 Å². The molecule has 5 rings (SSSR count). The summed E-state index contributed by atoms with van der Waals surface area (Å²) in [6, 6.07) is 29.4. The van der Waals surface area contributed by atoms with Gasteiger partial charge in [-0.2, -0.15) is 0 Å². The number of ether oxygens (including phenoxy) is 1. The van der Waals surface area contributed by atoms with Gasteiger partial charge in [0.2, 0.25) is 0 Å². The van der Waals surface area contributed by atoms with Crippen molar-refractivity contribution in [2.45, 2.75) is 52.7 Å². The van der Waals surface area contributed by atoms with Gasteiger partial charge in [0.15, 0.2) is 0 Å². The fourth-order valence-electron chi connectivity index (χ4n) is 6.67. The standard InChI is InChI=1S/C24H27NO.C11H18O3S/c1-20-11-9-10-16-23(20)26-24(22-14-7-4-8-15-22)17-18-25(2)19-21-12-5-3-6-13-21;1-11(2)8-4-5-9(11)10(12)7(8)6-15(3,13)14/h3-16,24H,17-19H2,1-2H3;7-9H,4-6H2,1-3H3/t24-;7-,8?,9?/m11/s1. The summed E-state index contributed by atoms with van der Waals surface area (Å²) in [6.07, 6.45) is 4.19. The van der Waals surface area contributed by atoms with Crippen molar-refractivity contribution in [3.05, 3.63) is 102 Å². The van der Waals surface area contributed by atoms with E-state index in [1.807, 2.05) is 12.1 Å². The minimum Gasteiger partial charge on any atom is -0.485 e. The summed E-state index contributed by atoms with van der Waals surface area (Å²) in [4.78, 5) is 14.3. The van der Waals surface area contributed by atoms with E-state index in [9.17, 15) is 13.2 Å². The smallest absolute Gasteiger partial charge is 0.148 e. The van der Waals surface area contributed by atoms with Crippen LogP contribution < -0.4 is 4.74 Å². The molecule has 2 aliphatic carbocycles. The Hall–Kier alpha value is -2.96. The first kappa shape index (κ1) is 31.0. The van der Waals surface area contributed by atoms with Crippen molar-refractivity contribution in [1.82, 2.24) is 4.90 Å². The first-order chi connectivity index (χ1) is 19.5. The second kappa shape index (κ2) is 13.3. The number of benzene rings is 3. The Bertz CT molecular complexity index is 1390. The lowest BCUT2D eigenvalue weighted by Gasteiger charge is -2.24. The zero-order valence-electron chi connectivity index (χ0n) is 25.1. The molecule has 41 heavy (non-hydrogen) atoms. The zero-order valence-corrected chi connectivity index (χ0v) is 25.9. The zero-order chi connectivity index (χ0) is 29.6. The van der Waals surface area contributed by atoms with Gasteiger partial charge >= 0.3 is 0 Å². The lowest BCUT2D eigenvalue weighted by Crippen LogP contribution is -2.28. The third kappa shape index (κ3) is 8.08. The molecule has 0 spiro atoms. The number of ketones is 1. The maximum absolute atomic E-state index is 12.0. The van der Waals surface area contributed by atoms with Crippen molar-refractivity contribution in [2.24, 2.45) is 23.2 Å². The van der Waals surface area contributed by atoms with Crippen LogP contribution in [0.4, 0.5) is 0 Å². The van der Waals surface area contributed by atoms with Crippen LogP contribution in [-0.2, 0) is 21.2 Å². The number of sulfone groups is 1. The number of hydrogen-bond donors (Lipinski definition) is 0. The number of carbonyl (C=O) groups is 1. The van der Waals surface area contributed by atoms with E-state index < -0.39 is 9.84 Å². The predicted molar refractivity (Wildman–Crippen MR) is 167 cm³/mol. The fourth-order valence-corrected chi connectivity index (χ4v) is 7.72. The van der Waals surface area contributed by atoms with Crippen LogP contribution in [0.1, 0.15) is 55.9 Å². The van der Waals surface area contributed by atoms with E-state index in [1.54, 1.807) is 0 Å². The van der Waals surface area contributed by atoms with E-state index in [-0.39, 0.29) is 40.8 Å². The fraction of sp³-hybridized carbons (Fsp3) is 0.457. The molecule has 0 saturated heterocycles. The quantitative estimate of drug-likeness (QED) is 0.263. The number of carbonyl (C=O) groups excluding carboxylic acids is 1. The monoisotopic (exact) mass is 575 g/mol. The van der Waals surface area contributed by atoms with E-state index >= 15 is 0 Å². The molecule has 3 aromatic carbocycles. The molecular weight excluding hydrogens is 530 g/mol. The van der Waals surface area contributed by atoms with E-state index in [2.05, 4.69) is 106 Å². The summed E-state index contributed by atoms with van der Waals surface area (Å²) in [5, 5.41) is 0. The molecular formula is C35H45NO4S.